The largest absolute Gasteiger partial charge is 0.412 e. The van der Waals surface area contributed by atoms with Crippen LogP contribution in [0.2, 0.25) is 5.02 Å². The Hall–Kier alpha value is -2.19. The van der Waals surface area contributed by atoms with E-state index >= 15 is 0 Å². The van der Waals surface area contributed by atoms with Crippen LogP contribution in [0.1, 0.15) is 17.2 Å². The summed E-state index contributed by atoms with van der Waals surface area (Å²) in [5, 5.41) is 11.3. The average molecular weight is 311 g/mol. The van der Waals surface area contributed by atoms with Gasteiger partial charge in [0.25, 0.3) is 0 Å². The third-order valence-electron chi connectivity index (χ3n) is 2.86. The van der Waals surface area contributed by atoms with E-state index in [0.29, 0.717) is 0 Å². The van der Waals surface area contributed by atoms with Crippen LogP contribution < -0.4 is 5.32 Å². The van der Waals surface area contributed by atoms with E-state index in [4.69, 9.17) is 16.9 Å². The first-order valence-electron chi connectivity index (χ1n) is 5.99. The molecule has 1 atom stereocenters. The Balaban J connectivity index is 2.33. The van der Waals surface area contributed by atoms with Crippen LogP contribution in [-0.4, -0.2) is 6.18 Å². The molecule has 108 valence electrons. The fourth-order valence-corrected chi connectivity index (χ4v) is 2.08. The van der Waals surface area contributed by atoms with Crippen molar-refractivity contribution in [1.29, 1.82) is 5.26 Å². The third kappa shape index (κ3) is 3.67. The molecule has 1 N–H and O–H groups in total. The zero-order chi connectivity index (χ0) is 15.5. The lowest BCUT2D eigenvalue weighted by Crippen LogP contribution is -2.27. The molecule has 2 nitrogen and oxygen atoms in total. The van der Waals surface area contributed by atoms with Gasteiger partial charge in [0.15, 0.2) is 0 Å². The molecule has 0 amide bonds. The Morgan fingerprint density at radius 1 is 1.10 bits per heavy atom. The van der Waals surface area contributed by atoms with Crippen molar-refractivity contribution >= 4 is 17.3 Å². The standard InChI is InChI=1S/C15H10ClF3N2/c16-13-8-12(7-6-11(13)9-20)21-14(15(17,18)19)10-4-2-1-3-5-10/h1-8,14,21H. The number of nitrogens with zero attached hydrogens (tertiary/aromatic N) is 1. The summed E-state index contributed by atoms with van der Waals surface area (Å²) in [6.45, 7) is 0. The van der Waals surface area contributed by atoms with Gasteiger partial charge in [-0.3, -0.25) is 0 Å². The summed E-state index contributed by atoms with van der Waals surface area (Å²) in [5.74, 6) is 0. The van der Waals surface area contributed by atoms with Crippen molar-refractivity contribution in [1.82, 2.24) is 0 Å². The monoisotopic (exact) mass is 310 g/mol. The first-order valence-corrected chi connectivity index (χ1v) is 6.37. The van der Waals surface area contributed by atoms with Crippen LogP contribution in [-0.2, 0) is 0 Å². The number of alkyl halides is 3. The second-order valence-corrected chi connectivity index (χ2v) is 4.74. The highest BCUT2D eigenvalue weighted by molar-refractivity contribution is 6.32. The topological polar surface area (TPSA) is 35.8 Å². The molecule has 0 aliphatic carbocycles. The van der Waals surface area contributed by atoms with Crippen molar-refractivity contribution < 1.29 is 13.2 Å². The van der Waals surface area contributed by atoms with Gasteiger partial charge >= 0.3 is 6.18 Å². The van der Waals surface area contributed by atoms with Gasteiger partial charge in [0.05, 0.1) is 10.6 Å². The summed E-state index contributed by atoms with van der Waals surface area (Å²) in [6.07, 6.45) is -4.46. The van der Waals surface area contributed by atoms with Crippen molar-refractivity contribution in [3.05, 3.63) is 64.7 Å². The summed E-state index contributed by atoms with van der Waals surface area (Å²) in [6, 6.07) is 11.6. The van der Waals surface area contributed by atoms with Crippen LogP contribution in [0.25, 0.3) is 0 Å². The van der Waals surface area contributed by atoms with Gasteiger partial charge in [-0.2, -0.15) is 18.4 Å². The number of halogens is 4. The van der Waals surface area contributed by atoms with Gasteiger partial charge in [-0.1, -0.05) is 41.9 Å². The molecule has 0 aliphatic heterocycles. The molecule has 2 aromatic rings. The maximum absolute atomic E-state index is 13.2. The Morgan fingerprint density at radius 2 is 1.76 bits per heavy atom. The molecule has 2 rings (SSSR count). The quantitative estimate of drug-likeness (QED) is 0.872. The second kappa shape index (κ2) is 6.06. The van der Waals surface area contributed by atoms with Crippen LogP contribution in [0.4, 0.5) is 18.9 Å². The van der Waals surface area contributed by atoms with E-state index in [1.54, 1.807) is 18.2 Å². The lowest BCUT2D eigenvalue weighted by molar-refractivity contribution is -0.144. The Bertz CT molecular complexity index is 663. The molecule has 0 fully saturated rings. The number of benzene rings is 2. The minimum absolute atomic E-state index is 0.102. The summed E-state index contributed by atoms with van der Waals surface area (Å²) < 4.78 is 39.6. The first kappa shape index (κ1) is 15.2. The maximum Gasteiger partial charge on any atom is 0.412 e. The summed E-state index contributed by atoms with van der Waals surface area (Å²) in [7, 11) is 0. The molecule has 0 aromatic heterocycles. The van der Waals surface area contributed by atoms with Gasteiger partial charge in [0, 0.05) is 5.69 Å². The number of nitriles is 1. The fraction of sp³-hybridized carbons (Fsp3) is 0.133. The van der Waals surface area contributed by atoms with Crippen LogP contribution in [0.15, 0.2) is 48.5 Å². The minimum Gasteiger partial charge on any atom is -0.370 e. The molecular weight excluding hydrogens is 301 g/mol. The molecule has 1 unspecified atom stereocenters. The van der Waals surface area contributed by atoms with E-state index in [1.165, 1.54) is 30.3 Å². The molecule has 0 radical (unpaired) electrons. The minimum atomic E-state index is -4.46. The van der Waals surface area contributed by atoms with E-state index in [-0.39, 0.29) is 21.8 Å². The number of anilines is 1. The zero-order valence-electron chi connectivity index (χ0n) is 10.7. The number of nitrogens with one attached hydrogen (secondary N) is 1. The molecule has 0 saturated heterocycles. The third-order valence-corrected chi connectivity index (χ3v) is 3.17. The number of rotatable bonds is 3. The molecule has 21 heavy (non-hydrogen) atoms. The van der Waals surface area contributed by atoms with Crippen LogP contribution in [0, 0.1) is 11.3 Å². The van der Waals surface area contributed by atoms with E-state index in [9.17, 15) is 13.2 Å². The summed E-state index contributed by atoms with van der Waals surface area (Å²) in [4.78, 5) is 0. The maximum atomic E-state index is 13.2. The van der Waals surface area contributed by atoms with Crippen molar-refractivity contribution in [2.45, 2.75) is 12.2 Å². The molecule has 6 heteroatoms. The van der Waals surface area contributed by atoms with E-state index < -0.39 is 12.2 Å². The second-order valence-electron chi connectivity index (χ2n) is 4.34. The van der Waals surface area contributed by atoms with E-state index in [1.807, 2.05) is 6.07 Å². The van der Waals surface area contributed by atoms with Crippen LogP contribution >= 0.6 is 11.6 Å². The Kier molecular flexibility index (Phi) is 4.39. The van der Waals surface area contributed by atoms with Crippen molar-refractivity contribution in [2.24, 2.45) is 0 Å². The highest BCUT2D eigenvalue weighted by Crippen LogP contribution is 2.36. The van der Waals surface area contributed by atoms with E-state index in [2.05, 4.69) is 5.32 Å². The number of hydrogen-bond donors (Lipinski definition) is 1. The molecule has 2 aromatic carbocycles. The van der Waals surface area contributed by atoms with Crippen molar-refractivity contribution in [3.63, 3.8) is 0 Å². The highest BCUT2D eigenvalue weighted by Gasteiger charge is 2.40. The van der Waals surface area contributed by atoms with Gasteiger partial charge < -0.3 is 5.32 Å². The molecule has 0 heterocycles. The van der Waals surface area contributed by atoms with Gasteiger partial charge in [0.1, 0.15) is 12.1 Å². The smallest absolute Gasteiger partial charge is 0.370 e. The molecule has 0 spiro atoms. The Morgan fingerprint density at radius 3 is 2.29 bits per heavy atom. The lowest BCUT2D eigenvalue weighted by Gasteiger charge is -2.23. The van der Waals surface area contributed by atoms with Gasteiger partial charge in [-0.15, -0.1) is 0 Å². The fourth-order valence-electron chi connectivity index (χ4n) is 1.86. The zero-order valence-corrected chi connectivity index (χ0v) is 11.4. The molecule has 0 saturated carbocycles. The predicted molar refractivity (Wildman–Crippen MR) is 75.0 cm³/mol. The first-order chi connectivity index (χ1) is 9.91. The van der Waals surface area contributed by atoms with Gasteiger partial charge in [-0.25, -0.2) is 0 Å². The Labute approximate surface area is 124 Å². The molecule has 0 bridgehead atoms. The molecular formula is C15H10ClF3N2. The van der Waals surface area contributed by atoms with E-state index in [0.717, 1.165) is 0 Å². The van der Waals surface area contributed by atoms with Crippen LogP contribution in [0.3, 0.4) is 0 Å². The SMILES string of the molecule is N#Cc1ccc(NC(c2ccccc2)C(F)(F)F)cc1Cl. The van der Waals surface area contributed by atoms with Gasteiger partial charge in [-0.05, 0) is 23.8 Å². The summed E-state index contributed by atoms with van der Waals surface area (Å²) in [5.41, 5.74) is 0.515. The number of hydrogen-bond acceptors (Lipinski definition) is 2. The predicted octanol–water partition coefficient (Wildman–Crippen LogP) is 4.93. The highest BCUT2D eigenvalue weighted by atomic mass is 35.5. The van der Waals surface area contributed by atoms with Gasteiger partial charge in [0.2, 0.25) is 0 Å². The summed E-state index contributed by atoms with van der Waals surface area (Å²) >= 11 is 5.83. The van der Waals surface area contributed by atoms with Crippen LogP contribution in [0.5, 0.6) is 0 Å². The average Bonchev–Trinajstić information content (AvgIpc) is 2.44. The molecule has 0 aliphatic rings. The lowest BCUT2D eigenvalue weighted by atomic mass is 10.1. The van der Waals surface area contributed by atoms with Crippen molar-refractivity contribution in [2.75, 3.05) is 5.32 Å². The van der Waals surface area contributed by atoms with Crippen molar-refractivity contribution in [3.8, 4) is 6.07 Å². The normalized spacial score (nSPS) is 12.5.